The van der Waals surface area contributed by atoms with Gasteiger partial charge in [-0.2, -0.15) is 23.5 Å². The van der Waals surface area contributed by atoms with Crippen LogP contribution in [-0.2, 0) is 46.2 Å². The molecule has 6 N–H and O–H groups in total. The minimum atomic E-state index is -0.319. The van der Waals surface area contributed by atoms with Crippen molar-refractivity contribution in [1.82, 2.24) is 10.6 Å². The number of hydrogen-bond acceptors (Lipinski definition) is 16. The zero-order chi connectivity index (χ0) is 49.1. The average molecular weight is 996 g/mol. The average Bonchev–Trinajstić information content (AvgIpc) is 4.09. The number of nitrogens with one attached hydrogen (secondary N) is 2. The van der Waals surface area contributed by atoms with Crippen molar-refractivity contribution in [2.24, 2.45) is 32.5 Å². The van der Waals surface area contributed by atoms with Crippen molar-refractivity contribution in [2.75, 3.05) is 64.2 Å². The van der Waals surface area contributed by atoms with Crippen molar-refractivity contribution >= 4 is 64.4 Å². The Labute approximate surface area is 417 Å². The Balaban J connectivity index is 0.972. The number of amides is 1. The van der Waals surface area contributed by atoms with Gasteiger partial charge in [0.2, 0.25) is 0 Å². The number of thioether (sulfide) groups is 2. The molecule has 4 aliphatic heterocycles. The molecule has 4 heterocycles. The number of unbranched alkanes of at least 4 members (excludes halogenated alkanes) is 6. The van der Waals surface area contributed by atoms with E-state index in [-0.39, 0.29) is 67.6 Å². The number of rotatable bonds is 39. The van der Waals surface area contributed by atoms with Crippen LogP contribution in [0.4, 0.5) is 0 Å². The molecule has 0 saturated carbocycles. The first-order valence-corrected chi connectivity index (χ1v) is 27.5. The second-order valence-electron chi connectivity index (χ2n) is 18.8. The number of carbonyl (C=O) groups excluding carboxylic acids is 5. The third-order valence-corrected chi connectivity index (χ3v) is 16.1. The Morgan fingerprint density at radius 2 is 1.19 bits per heavy atom. The van der Waals surface area contributed by atoms with Gasteiger partial charge in [0.15, 0.2) is 5.96 Å². The van der Waals surface area contributed by atoms with E-state index in [4.69, 9.17) is 31.2 Å². The maximum atomic E-state index is 13.3. The summed E-state index contributed by atoms with van der Waals surface area (Å²) in [5.41, 5.74) is 21.9. The number of amidine groups is 1. The van der Waals surface area contributed by atoms with Gasteiger partial charge >= 0.3 is 0 Å². The van der Waals surface area contributed by atoms with Gasteiger partial charge in [-0.15, -0.1) is 0 Å². The number of carbonyl (C=O) groups is 5. The van der Waals surface area contributed by atoms with Gasteiger partial charge in [0.25, 0.3) is 5.91 Å². The molecule has 0 radical (unpaired) electrons. The molecule has 6 unspecified atom stereocenters. The number of benzene rings is 1. The van der Waals surface area contributed by atoms with Crippen LogP contribution in [0.15, 0.2) is 33.3 Å². The van der Waals surface area contributed by atoms with E-state index in [9.17, 15) is 24.0 Å². The second kappa shape index (κ2) is 32.1. The third kappa shape index (κ3) is 21.5. The smallest absolute Gasteiger partial charge is 0.251 e. The standard InChI is InChI=1S/C50H77N9O8S2/c51-46-32-38-33-68-44(47(38)57-46)17-9-7-13-39(60)11-3-1-5-15-41(62)30-35-27-36(29-37(28-35)49(64)54-19-21-65-23-25-67-26-24-66-22-20-55-59-53)31-42(63)16-6-2-4-12-40(61)14-8-10-18-45-48-43(34-69-45)56-50(52)58-48/h27-29,38,43-45,47-48H,1-26,30-34H2,(H2,51,57)(H,54,64)(H3,52,56,58). The molecule has 0 aromatic heterocycles. The number of Topliss-reactive ketones (excluding diaryl/α,β-unsaturated/α-hetero) is 4. The van der Waals surface area contributed by atoms with E-state index in [0.29, 0.717) is 136 Å². The molecule has 4 aliphatic rings. The number of ketones is 4. The normalized spacial score (nSPS) is 21.2. The molecule has 1 aromatic carbocycles. The van der Waals surface area contributed by atoms with Crippen LogP contribution in [-0.4, -0.2) is 134 Å². The van der Waals surface area contributed by atoms with E-state index in [1.54, 1.807) is 12.1 Å². The van der Waals surface area contributed by atoms with Crippen molar-refractivity contribution in [2.45, 2.75) is 163 Å². The Hall–Kier alpha value is -4.00. The number of ether oxygens (including phenoxy) is 3. The molecule has 19 heteroatoms. The largest absolute Gasteiger partial charge is 0.387 e. The first kappa shape index (κ1) is 55.9. The van der Waals surface area contributed by atoms with Crippen LogP contribution in [0.5, 0.6) is 0 Å². The zero-order valence-electron chi connectivity index (χ0n) is 40.6. The van der Waals surface area contributed by atoms with Crippen LogP contribution >= 0.6 is 23.5 Å². The van der Waals surface area contributed by atoms with Crippen LogP contribution in [0.3, 0.4) is 0 Å². The van der Waals surface area contributed by atoms with Crippen molar-refractivity contribution in [3.63, 3.8) is 0 Å². The summed E-state index contributed by atoms with van der Waals surface area (Å²) in [4.78, 5) is 76.8. The highest BCUT2D eigenvalue weighted by Crippen LogP contribution is 2.41. The number of aliphatic imine (C=N–C) groups is 2. The van der Waals surface area contributed by atoms with Crippen LogP contribution in [0.25, 0.3) is 10.4 Å². The number of azide groups is 1. The summed E-state index contributed by atoms with van der Waals surface area (Å²) in [6.07, 6.45) is 14.6. The minimum Gasteiger partial charge on any atom is -0.387 e. The van der Waals surface area contributed by atoms with Crippen LogP contribution < -0.4 is 22.1 Å². The van der Waals surface area contributed by atoms with Crippen molar-refractivity contribution in [3.05, 3.63) is 45.3 Å². The molecule has 0 spiro atoms. The molecule has 6 atom stereocenters. The van der Waals surface area contributed by atoms with Crippen LogP contribution in [0.1, 0.15) is 143 Å². The van der Waals surface area contributed by atoms with E-state index >= 15 is 0 Å². The fraction of sp³-hybridized carbons (Fsp3) is 0.740. The lowest BCUT2D eigenvalue weighted by molar-refractivity contribution is -0.120. The number of nitrogens with two attached hydrogens (primary N) is 2. The minimum absolute atomic E-state index is 0.0481. The lowest BCUT2D eigenvalue weighted by Gasteiger charge is -2.14. The highest BCUT2D eigenvalue weighted by Gasteiger charge is 2.41. The summed E-state index contributed by atoms with van der Waals surface area (Å²) >= 11 is 3.95. The second-order valence-corrected chi connectivity index (χ2v) is 21.3. The molecule has 0 aliphatic carbocycles. The van der Waals surface area contributed by atoms with Gasteiger partial charge in [0.05, 0.1) is 63.6 Å². The topological polar surface area (TPSA) is 263 Å². The highest BCUT2D eigenvalue weighted by atomic mass is 32.2. The first-order valence-electron chi connectivity index (χ1n) is 25.4. The molecule has 382 valence electrons. The Morgan fingerprint density at radius 1 is 0.667 bits per heavy atom. The molecule has 1 amide bonds. The lowest BCUT2D eigenvalue weighted by Crippen LogP contribution is -2.38. The molecule has 5 rings (SSSR count). The van der Waals surface area contributed by atoms with Gasteiger partial charge < -0.3 is 36.3 Å². The predicted molar refractivity (Wildman–Crippen MR) is 274 cm³/mol. The quantitative estimate of drug-likeness (QED) is 0.0229. The van der Waals surface area contributed by atoms with Gasteiger partial charge in [-0.1, -0.05) is 36.9 Å². The SMILES string of the molecule is [N-]=[N+]=NCCOCCOCCOCCNC(=O)c1cc(CC(=O)CCCCCC(=O)CCCCC2SCC3CC(N)=NC32)cc(CC(=O)CCCCCC(=O)CCCCC2SCC3NC(N)=NC32)c1. The van der Waals surface area contributed by atoms with Crippen LogP contribution in [0.2, 0.25) is 0 Å². The van der Waals surface area contributed by atoms with Gasteiger partial charge in [0.1, 0.15) is 23.1 Å². The maximum absolute atomic E-state index is 13.3. The van der Waals surface area contributed by atoms with Gasteiger partial charge in [-0.25, -0.2) is 4.99 Å². The number of hydrogen-bond donors (Lipinski definition) is 4. The molecule has 2 saturated heterocycles. The lowest BCUT2D eigenvalue weighted by atomic mass is 9.95. The van der Waals surface area contributed by atoms with E-state index < -0.39 is 0 Å². The van der Waals surface area contributed by atoms with Crippen molar-refractivity contribution in [3.8, 4) is 0 Å². The fourth-order valence-electron chi connectivity index (χ4n) is 9.50. The van der Waals surface area contributed by atoms with Gasteiger partial charge in [-0.05, 0) is 91.8 Å². The molecule has 17 nitrogen and oxygen atoms in total. The zero-order valence-corrected chi connectivity index (χ0v) is 42.2. The summed E-state index contributed by atoms with van der Waals surface area (Å²) in [7, 11) is 0. The molecular weight excluding hydrogens is 919 g/mol. The van der Waals surface area contributed by atoms with E-state index in [2.05, 4.69) is 30.6 Å². The Bertz CT molecular complexity index is 1830. The first-order chi connectivity index (χ1) is 33.6. The predicted octanol–water partition coefficient (Wildman–Crippen LogP) is 6.79. The Kier molecular flexibility index (Phi) is 26.0. The number of guanidine groups is 1. The third-order valence-electron chi connectivity index (χ3n) is 13.1. The van der Waals surface area contributed by atoms with Crippen molar-refractivity contribution in [1.29, 1.82) is 0 Å². The Morgan fingerprint density at radius 3 is 1.78 bits per heavy atom. The van der Waals surface area contributed by atoms with Gasteiger partial charge in [-0.3, -0.25) is 29.0 Å². The van der Waals surface area contributed by atoms with E-state index in [0.717, 1.165) is 88.0 Å². The summed E-state index contributed by atoms with van der Waals surface area (Å²) in [5.74, 6) is 4.42. The fourth-order valence-corrected chi connectivity index (χ4v) is 12.6. The monoisotopic (exact) mass is 996 g/mol. The molecule has 1 aromatic rings. The van der Waals surface area contributed by atoms with Crippen molar-refractivity contribution < 1.29 is 38.2 Å². The summed E-state index contributed by atoms with van der Waals surface area (Å²) in [6.45, 7) is 2.60. The highest BCUT2D eigenvalue weighted by molar-refractivity contribution is 8.00. The summed E-state index contributed by atoms with van der Waals surface area (Å²) < 4.78 is 16.4. The van der Waals surface area contributed by atoms with E-state index in [1.165, 1.54) is 0 Å². The van der Waals surface area contributed by atoms with Gasteiger partial charge in [0, 0.05) is 97.6 Å². The number of nitrogens with zero attached hydrogens (tertiary/aromatic N) is 5. The molecule has 69 heavy (non-hydrogen) atoms. The molecule has 2 fully saturated rings. The number of fused-ring (bicyclic) bond motifs is 2. The maximum Gasteiger partial charge on any atom is 0.251 e. The molecule has 0 bridgehead atoms. The summed E-state index contributed by atoms with van der Waals surface area (Å²) in [6, 6.07) is 6.26. The van der Waals surface area contributed by atoms with Crippen LogP contribution in [0, 0.1) is 5.92 Å². The summed E-state index contributed by atoms with van der Waals surface area (Å²) in [5, 5.41) is 10.5. The molecular formula is C50H77N9O8S2. The van der Waals surface area contributed by atoms with E-state index in [1.807, 2.05) is 29.6 Å².